The smallest absolute Gasteiger partial charge is 0.234 e. The van der Waals surface area contributed by atoms with Crippen LogP contribution in [0.5, 0.6) is 5.75 Å². The fourth-order valence-corrected chi connectivity index (χ4v) is 2.45. The number of halogens is 2. The van der Waals surface area contributed by atoms with Crippen molar-refractivity contribution >= 4 is 29.1 Å². The summed E-state index contributed by atoms with van der Waals surface area (Å²) in [4.78, 5) is 11.4. The molecule has 4 nitrogen and oxygen atoms in total. The van der Waals surface area contributed by atoms with Crippen LogP contribution in [-0.2, 0) is 17.9 Å². The molecule has 0 unspecified atom stereocenters. The lowest BCUT2D eigenvalue weighted by Crippen LogP contribution is -2.22. The number of benzene rings is 2. The first-order chi connectivity index (χ1) is 11.1. The quantitative estimate of drug-likeness (QED) is 0.854. The Bertz CT molecular complexity index is 721. The first-order valence-corrected chi connectivity index (χ1v) is 7.64. The topological polar surface area (TPSA) is 62.1 Å². The van der Waals surface area contributed by atoms with Gasteiger partial charge >= 0.3 is 0 Å². The van der Waals surface area contributed by atoms with Gasteiger partial charge in [-0.05, 0) is 18.2 Å². The SMILES string of the molecule is N#CCC(=O)NCc1ccccc1OCc1c(Cl)cccc1Cl. The molecular formula is C17H14Cl2N2O2. The molecule has 0 heterocycles. The third-order valence-electron chi connectivity index (χ3n) is 3.12. The summed E-state index contributed by atoms with van der Waals surface area (Å²) in [5, 5.41) is 12.2. The van der Waals surface area contributed by atoms with E-state index in [0.29, 0.717) is 21.4 Å². The minimum absolute atomic E-state index is 0.168. The van der Waals surface area contributed by atoms with Crippen molar-refractivity contribution in [3.8, 4) is 11.8 Å². The van der Waals surface area contributed by atoms with Crippen molar-refractivity contribution in [3.05, 3.63) is 63.6 Å². The predicted molar refractivity (Wildman–Crippen MR) is 89.3 cm³/mol. The molecule has 2 aromatic rings. The van der Waals surface area contributed by atoms with Gasteiger partial charge in [0.05, 0.1) is 6.07 Å². The number of nitriles is 1. The van der Waals surface area contributed by atoms with Crippen molar-refractivity contribution in [2.45, 2.75) is 19.6 Å². The summed E-state index contributed by atoms with van der Waals surface area (Å²) in [6.07, 6.45) is -0.168. The average molecular weight is 349 g/mol. The molecule has 0 saturated heterocycles. The highest BCUT2D eigenvalue weighted by atomic mass is 35.5. The van der Waals surface area contributed by atoms with E-state index in [-0.39, 0.29) is 25.5 Å². The molecule has 6 heteroatoms. The fraction of sp³-hybridized carbons (Fsp3) is 0.176. The molecule has 2 aromatic carbocycles. The molecule has 1 N–H and O–H groups in total. The summed E-state index contributed by atoms with van der Waals surface area (Å²) in [7, 11) is 0. The summed E-state index contributed by atoms with van der Waals surface area (Å²) < 4.78 is 5.79. The van der Waals surface area contributed by atoms with E-state index in [0.717, 1.165) is 5.56 Å². The lowest BCUT2D eigenvalue weighted by Gasteiger charge is -2.13. The van der Waals surface area contributed by atoms with Crippen LogP contribution in [0.2, 0.25) is 10.0 Å². The molecule has 0 radical (unpaired) electrons. The highest BCUT2D eigenvalue weighted by Gasteiger charge is 2.09. The van der Waals surface area contributed by atoms with E-state index in [1.807, 2.05) is 18.2 Å². The third-order valence-corrected chi connectivity index (χ3v) is 3.83. The molecule has 0 spiro atoms. The summed E-state index contributed by atoms with van der Waals surface area (Å²) in [6.45, 7) is 0.509. The zero-order valence-corrected chi connectivity index (χ0v) is 13.7. The lowest BCUT2D eigenvalue weighted by molar-refractivity contribution is -0.120. The van der Waals surface area contributed by atoms with E-state index >= 15 is 0 Å². The number of carbonyl (C=O) groups is 1. The van der Waals surface area contributed by atoms with Crippen molar-refractivity contribution in [3.63, 3.8) is 0 Å². The summed E-state index contributed by atoms with van der Waals surface area (Å²) >= 11 is 12.2. The molecule has 0 atom stereocenters. The van der Waals surface area contributed by atoms with E-state index in [9.17, 15) is 4.79 Å². The van der Waals surface area contributed by atoms with Crippen molar-refractivity contribution < 1.29 is 9.53 Å². The molecule has 2 rings (SSSR count). The second-order valence-corrected chi connectivity index (χ2v) is 5.52. The standard InChI is InChI=1S/C17H14Cl2N2O2/c18-14-5-3-6-15(19)13(14)11-23-16-7-2-1-4-12(16)10-21-17(22)8-9-20/h1-7H,8,10-11H2,(H,21,22). The molecule has 23 heavy (non-hydrogen) atoms. The normalized spacial score (nSPS) is 9.96. The monoisotopic (exact) mass is 348 g/mol. The molecule has 118 valence electrons. The molecule has 0 saturated carbocycles. The number of hydrogen-bond donors (Lipinski definition) is 1. The van der Waals surface area contributed by atoms with Gasteiger partial charge in [0.2, 0.25) is 5.91 Å². The molecule has 0 aliphatic carbocycles. The fourth-order valence-electron chi connectivity index (χ4n) is 1.94. The van der Waals surface area contributed by atoms with E-state index in [1.165, 1.54) is 0 Å². The predicted octanol–water partition coefficient (Wildman–Crippen LogP) is 4.10. The highest BCUT2D eigenvalue weighted by Crippen LogP contribution is 2.27. The van der Waals surface area contributed by atoms with Crippen molar-refractivity contribution in [1.82, 2.24) is 5.32 Å². The Morgan fingerprint density at radius 1 is 1.13 bits per heavy atom. The van der Waals surface area contributed by atoms with Gasteiger partial charge in [-0.3, -0.25) is 4.79 Å². The van der Waals surface area contributed by atoms with Gasteiger partial charge in [-0.2, -0.15) is 5.26 Å². The van der Waals surface area contributed by atoms with Gasteiger partial charge in [0, 0.05) is 27.7 Å². The number of ether oxygens (including phenoxy) is 1. The Morgan fingerprint density at radius 2 is 1.83 bits per heavy atom. The minimum Gasteiger partial charge on any atom is -0.488 e. The van der Waals surface area contributed by atoms with Gasteiger partial charge in [0.1, 0.15) is 18.8 Å². The number of rotatable bonds is 6. The lowest BCUT2D eigenvalue weighted by atomic mass is 10.2. The number of nitrogens with zero attached hydrogens (tertiary/aromatic N) is 1. The molecular weight excluding hydrogens is 335 g/mol. The molecule has 0 aliphatic heterocycles. The molecule has 0 aromatic heterocycles. The number of carbonyl (C=O) groups excluding carboxylic acids is 1. The second kappa shape index (κ2) is 8.42. The minimum atomic E-state index is -0.323. The van der Waals surface area contributed by atoms with E-state index < -0.39 is 0 Å². The Balaban J connectivity index is 2.06. The maximum absolute atomic E-state index is 11.4. The van der Waals surface area contributed by atoms with Gasteiger partial charge in [-0.25, -0.2) is 0 Å². The van der Waals surface area contributed by atoms with Crippen LogP contribution in [0.25, 0.3) is 0 Å². The Kier molecular flexibility index (Phi) is 6.28. The van der Waals surface area contributed by atoms with Crippen molar-refractivity contribution in [2.24, 2.45) is 0 Å². The van der Waals surface area contributed by atoms with Crippen LogP contribution in [0.3, 0.4) is 0 Å². The van der Waals surface area contributed by atoms with Crippen LogP contribution in [0, 0.1) is 11.3 Å². The first-order valence-electron chi connectivity index (χ1n) is 6.89. The number of para-hydroxylation sites is 1. The largest absolute Gasteiger partial charge is 0.488 e. The van der Waals surface area contributed by atoms with Crippen LogP contribution in [0.15, 0.2) is 42.5 Å². The van der Waals surface area contributed by atoms with E-state index in [2.05, 4.69) is 5.32 Å². The zero-order chi connectivity index (χ0) is 16.7. The summed E-state index contributed by atoms with van der Waals surface area (Å²) in [5.74, 6) is 0.303. The Hall–Kier alpha value is -2.22. The number of amides is 1. The molecule has 0 aliphatic rings. The molecule has 0 bridgehead atoms. The number of hydrogen-bond acceptors (Lipinski definition) is 3. The molecule has 0 fully saturated rings. The van der Waals surface area contributed by atoms with Crippen LogP contribution in [-0.4, -0.2) is 5.91 Å². The van der Waals surface area contributed by atoms with E-state index in [1.54, 1.807) is 30.3 Å². The zero-order valence-electron chi connectivity index (χ0n) is 12.2. The second-order valence-electron chi connectivity index (χ2n) is 4.71. The van der Waals surface area contributed by atoms with E-state index in [4.69, 9.17) is 33.2 Å². The van der Waals surface area contributed by atoms with Gasteiger partial charge in [0.25, 0.3) is 0 Å². The van der Waals surface area contributed by atoms with Gasteiger partial charge < -0.3 is 10.1 Å². The third kappa shape index (κ3) is 4.88. The maximum Gasteiger partial charge on any atom is 0.234 e. The average Bonchev–Trinajstić information content (AvgIpc) is 2.53. The highest BCUT2D eigenvalue weighted by molar-refractivity contribution is 6.35. The van der Waals surface area contributed by atoms with Crippen LogP contribution in [0.4, 0.5) is 0 Å². The van der Waals surface area contributed by atoms with Gasteiger partial charge in [0.15, 0.2) is 0 Å². The van der Waals surface area contributed by atoms with Gasteiger partial charge in [-0.1, -0.05) is 47.5 Å². The van der Waals surface area contributed by atoms with Crippen LogP contribution < -0.4 is 10.1 Å². The number of nitrogens with one attached hydrogen (secondary N) is 1. The first kappa shape index (κ1) is 17.1. The van der Waals surface area contributed by atoms with Crippen LogP contribution >= 0.6 is 23.2 Å². The van der Waals surface area contributed by atoms with Crippen molar-refractivity contribution in [2.75, 3.05) is 0 Å². The summed E-state index contributed by atoms with van der Waals surface area (Å²) in [6, 6.07) is 14.4. The Labute approximate surface area is 144 Å². The van der Waals surface area contributed by atoms with Crippen LogP contribution in [0.1, 0.15) is 17.5 Å². The van der Waals surface area contributed by atoms with Gasteiger partial charge in [-0.15, -0.1) is 0 Å². The Morgan fingerprint density at radius 3 is 2.52 bits per heavy atom. The summed E-state index contributed by atoms with van der Waals surface area (Å²) in [5.41, 5.74) is 1.51. The molecule has 1 amide bonds. The maximum atomic E-state index is 11.4. The van der Waals surface area contributed by atoms with Crippen molar-refractivity contribution in [1.29, 1.82) is 5.26 Å².